The van der Waals surface area contributed by atoms with Crippen LogP contribution in [0.1, 0.15) is 21.6 Å². The zero-order valence-electron chi connectivity index (χ0n) is 10.6. The zero-order chi connectivity index (χ0) is 13.1. The van der Waals surface area contributed by atoms with Crippen molar-refractivity contribution in [3.8, 4) is 6.07 Å². The van der Waals surface area contributed by atoms with Gasteiger partial charge in [-0.2, -0.15) is 5.26 Å². The van der Waals surface area contributed by atoms with Crippen LogP contribution in [0.2, 0.25) is 0 Å². The third-order valence-corrected chi connectivity index (χ3v) is 4.07. The Morgan fingerprint density at radius 2 is 2.17 bits per heavy atom. The molecule has 1 atom stereocenters. The molecule has 18 heavy (non-hydrogen) atoms. The van der Waals surface area contributed by atoms with E-state index >= 15 is 0 Å². The van der Waals surface area contributed by atoms with Crippen molar-refractivity contribution in [3.05, 3.63) is 16.1 Å². The summed E-state index contributed by atoms with van der Waals surface area (Å²) in [4.78, 5) is 20.9. The smallest absolute Gasteiger partial charge is 0.265 e. The second-order valence-electron chi connectivity index (χ2n) is 4.38. The lowest BCUT2D eigenvalue weighted by atomic mass is 10.2. The molecule has 0 bridgehead atoms. The molecule has 0 saturated carbocycles. The normalized spacial score (nSPS) is 18.4. The van der Waals surface area contributed by atoms with Crippen LogP contribution in [0.4, 0.5) is 0 Å². The number of rotatable bonds is 2. The Labute approximate surface area is 111 Å². The first-order valence-corrected chi connectivity index (χ1v) is 6.79. The van der Waals surface area contributed by atoms with Crippen molar-refractivity contribution >= 4 is 17.2 Å². The highest BCUT2D eigenvalue weighted by molar-refractivity contribution is 7.13. The monoisotopic (exact) mass is 264 g/mol. The standard InChI is InChI=1S/C12H16N4OS/c1-9(7-13)15-3-5-16(6-4-15)12(17)11-8-14-10(2)18-11/h8-9H,3-6H2,1-2H3. The van der Waals surface area contributed by atoms with Gasteiger partial charge in [-0.25, -0.2) is 4.98 Å². The lowest BCUT2D eigenvalue weighted by Gasteiger charge is -2.35. The molecule has 1 fully saturated rings. The van der Waals surface area contributed by atoms with Crippen LogP contribution < -0.4 is 0 Å². The van der Waals surface area contributed by atoms with Crippen LogP contribution >= 0.6 is 11.3 Å². The highest BCUT2D eigenvalue weighted by Crippen LogP contribution is 2.16. The van der Waals surface area contributed by atoms with Crippen molar-refractivity contribution in [1.82, 2.24) is 14.8 Å². The molecule has 0 N–H and O–H groups in total. The minimum Gasteiger partial charge on any atom is -0.335 e. The van der Waals surface area contributed by atoms with E-state index in [9.17, 15) is 4.79 Å². The Morgan fingerprint density at radius 1 is 1.50 bits per heavy atom. The van der Waals surface area contributed by atoms with Crippen molar-refractivity contribution in [2.75, 3.05) is 26.2 Å². The molecule has 96 valence electrons. The third kappa shape index (κ3) is 2.68. The zero-order valence-corrected chi connectivity index (χ0v) is 11.4. The van der Waals surface area contributed by atoms with Gasteiger partial charge in [0.2, 0.25) is 0 Å². The number of aryl methyl sites for hydroxylation is 1. The molecule has 1 unspecified atom stereocenters. The van der Waals surface area contributed by atoms with Crippen molar-refractivity contribution in [3.63, 3.8) is 0 Å². The Kier molecular flexibility index (Phi) is 3.94. The Balaban J connectivity index is 1.94. The number of piperazine rings is 1. The molecule has 1 amide bonds. The number of nitrogens with zero attached hydrogens (tertiary/aromatic N) is 4. The Bertz CT molecular complexity index is 471. The first kappa shape index (κ1) is 13.0. The van der Waals surface area contributed by atoms with E-state index in [0.717, 1.165) is 18.1 Å². The van der Waals surface area contributed by atoms with Crippen LogP contribution in [0.3, 0.4) is 0 Å². The predicted molar refractivity (Wildman–Crippen MR) is 69.4 cm³/mol. The molecule has 2 rings (SSSR count). The van der Waals surface area contributed by atoms with E-state index in [-0.39, 0.29) is 11.9 Å². The van der Waals surface area contributed by atoms with Gasteiger partial charge in [0, 0.05) is 26.2 Å². The molecular formula is C12H16N4OS. The Morgan fingerprint density at radius 3 is 2.67 bits per heavy atom. The van der Waals surface area contributed by atoms with Crippen molar-refractivity contribution < 1.29 is 4.79 Å². The summed E-state index contributed by atoms with van der Waals surface area (Å²) in [6.07, 6.45) is 1.65. The molecular weight excluding hydrogens is 248 g/mol. The summed E-state index contributed by atoms with van der Waals surface area (Å²) in [5.74, 6) is 0.0601. The number of hydrogen-bond acceptors (Lipinski definition) is 5. The summed E-state index contributed by atoms with van der Waals surface area (Å²) in [6, 6.07) is 2.15. The van der Waals surface area contributed by atoms with Crippen LogP contribution in [0.15, 0.2) is 6.20 Å². The number of carbonyl (C=O) groups excluding carboxylic acids is 1. The second-order valence-corrected chi connectivity index (χ2v) is 5.61. The minimum absolute atomic E-state index is 0.0601. The number of nitriles is 1. The molecule has 0 radical (unpaired) electrons. The lowest BCUT2D eigenvalue weighted by Crippen LogP contribution is -2.50. The fraction of sp³-hybridized carbons (Fsp3) is 0.583. The molecule has 6 heteroatoms. The Hall–Kier alpha value is -1.45. The summed E-state index contributed by atoms with van der Waals surface area (Å²) in [7, 11) is 0. The molecule has 0 aromatic carbocycles. The van der Waals surface area contributed by atoms with Gasteiger partial charge in [-0.05, 0) is 13.8 Å². The topological polar surface area (TPSA) is 60.2 Å². The molecule has 1 aromatic heterocycles. The van der Waals surface area contributed by atoms with Gasteiger partial charge < -0.3 is 4.90 Å². The second kappa shape index (κ2) is 5.46. The molecule has 2 heterocycles. The van der Waals surface area contributed by atoms with Crippen LogP contribution in [-0.4, -0.2) is 52.9 Å². The molecule has 1 aliphatic heterocycles. The molecule has 1 aromatic rings. The average molecular weight is 264 g/mol. The fourth-order valence-corrected chi connectivity index (χ4v) is 2.76. The summed E-state index contributed by atoms with van der Waals surface area (Å²) >= 11 is 1.43. The van der Waals surface area contributed by atoms with E-state index in [0.29, 0.717) is 18.0 Å². The minimum atomic E-state index is -0.0760. The summed E-state index contributed by atoms with van der Waals surface area (Å²) in [5.41, 5.74) is 0. The van der Waals surface area contributed by atoms with Crippen LogP contribution in [0, 0.1) is 18.3 Å². The van der Waals surface area contributed by atoms with E-state index in [1.165, 1.54) is 11.3 Å². The summed E-state index contributed by atoms with van der Waals surface area (Å²) < 4.78 is 0. The quantitative estimate of drug-likeness (QED) is 0.803. The fourth-order valence-electron chi connectivity index (χ4n) is 2.01. The number of hydrogen-bond donors (Lipinski definition) is 0. The highest BCUT2D eigenvalue weighted by Gasteiger charge is 2.25. The third-order valence-electron chi connectivity index (χ3n) is 3.17. The maximum absolute atomic E-state index is 12.2. The molecule has 0 spiro atoms. The van der Waals surface area contributed by atoms with Gasteiger partial charge >= 0.3 is 0 Å². The number of carbonyl (C=O) groups is 1. The van der Waals surface area contributed by atoms with E-state index in [2.05, 4.69) is 16.0 Å². The van der Waals surface area contributed by atoms with Gasteiger partial charge in [0.1, 0.15) is 4.88 Å². The number of aromatic nitrogens is 1. The molecule has 0 aliphatic carbocycles. The van der Waals surface area contributed by atoms with E-state index in [1.54, 1.807) is 6.20 Å². The number of amides is 1. The van der Waals surface area contributed by atoms with Gasteiger partial charge in [0.15, 0.2) is 0 Å². The van der Waals surface area contributed by atoms with Gasteiger partial charge in [-0.1, -0.05) is 0 Å². The maximum Gasteiger partial charge on any atom is 0.265 e. The van der Waals surface area contributed by atoms with Crippen LogP contribution in [0.5, 0.6) is 0 Å². The first-order chi connectivity index (χ1) is 8.61. The van der Waals surface area contributed by atoms with Gasteiger partial charge in [-0.15, -0.1) is 11.3 Å². The summed E-state index contributed by atoms with van der Waals surface area (Å²) in [6.45, 7) is 6.68. The predicted octanol–water partition coefficient (Wildman–Crippen LogP) is 1.12. The van der Waals surface area contributed by atoms with E-state index in [1.807, 2.05) is 18.7 Å². The first-order valence-electron chi connectivity index (χ1n) is 5.97. The van der Waals surface area contributed by atoms with Crippen molar-refractivity contribution in [2.45, 2.75) is 19.9 Å². The van der Waals surface area contributed by atoms with Gasteiger partial charge in [0.25, 0.3) is 5.91 Å². The molecule has 5 nitrogen and oxygen atoms in total. The lowest BCUT2D eigenvalue weighted by molar-refractivity contribution is 0.0620. The van der Waals surface area contributed by atoms with Gasteiger partial charge in [0.05, 0.1) is 23.3 Å². The van der Waals surface area contributed by atoms with Crippen LogP contribution in [-0.2, 0) is 0 Å². The molecule has 1 saturated heterocycles. The van der Waals surface area contributed by atoms with Crippen molar-refractivity contribution in [1.29, 1.82) is 5.26 Å². The van der Waals surface area contributed by atoms with Crippen LogP contribution in [0.25, 0.3) is 0 Å². The van der Waals surface area contributed by atoms with E-state index in [4.69, 9.17) is 5.26 Å². The number of thiazole rings is 1. The molecule has 1 aliphatic rings. The average Bonchev–Trinajstić information content (AvgIpc) is 2.84. The van der Waals surface area contributed by atoms with Gasteiger partial charge in [-0.3, -0.25) is 9.69 Å². The summed E-state index contributed by atoms with van der Waals surface area (Å²) in [5, 5.41) is 9.78. The SMILES string of the molecule is Cc1ncc(C(=O)N2CCN(C(C)C#N)CC2)s1. The highest BCUT2D eigenvalue weighted by atomic mass is 32.1. The largest absolute Gasteiger partial charge is 0.335 e. The van der Waals surface area contributed by atoms with Crippen molar-refractivity contribution in [2.24, 2.45) is 0 Å². The van der Waals surface area contributed by atoms with E-state index < -0.39 is 0 Å². The maximum atomic E-state index is 12.2.